The molecule has 0 heterocycles. The predicted octanol–water partition coefficient (Wildman–Crippen LogP) is 2.29. The normalized spacial score (nSPS) is 19.1. The van der Waals surface area contributed by atoms with E-state index in [4.69, 9.17) is 5.11 Å². The first-order valence-electron chi connectivity index (χ1n) is 5.99. The highest BCUT2D eigenvalue weighted by atomic mass is 16.4. The van der Waals surface area contributed by atoms with E-state index in [1.54, 1.807) is 0 Å². The van der Waals surface area contributed by atoms with E-state index in [0.29, 0.717) is 5.92 Å². The van der Waals surface area contributed by atoms with E-state index < -0.39 is 17.5 Å². The maximum Gasteiger partial charge on any atom is 0.333 e. The Balaban J connectivity index is 2.26. The lowest BCUT2D eigenvalue weighted by Crippen LogP contribution is -2.33. The van der Waals surface area contributed by atoms with Gasteiger partial charge in [0.1, 0.15) is 0 Å². The SMILES string of the molecule is CC(C)c1ccc(C2(C(O)C(=O)O)CC2)cc1. The second-order valence-electron chi connectivity index (χ2n) is 5.17. The van der Waals surface area contributed by atoms with Crippen molar-refractivity contribution in [3.8, 4) is 0 Å². The van der Waals surface area contributed by atoms with Crippen molar-refractivity contribution >= 4 is 5.97 Å². The molecule has 92 valence electrons. The molecule has 0 aliphatic heterocycles. The summed E-state index contributed by atoms with van der Waals surface area (Å²) in [6, 6.07) is 7.95. The summed E-state index contributed by atoms with van der Waals surface area (Å²) >= 11 is 0. The van der Waals surface area contributed by atoms with Crippen molar-refractivity contribution in [1.29, 1.82) is 0 Å². The summed E-state index contributed by atoms with van der Waals surface area (Å²) in [6.45, 7) is 4.24. The van der Waals surface area contributed by atoms with Gasteiger partial charge in [0.15, 0.2) is 6.10 Å². The maximum absolute atomic E-state index is 10.9. The molecule has 1 unspecified atom stereocenters. The molecule has 0 radical (unpaired) electrons. The summed E-state index contributed by atoms with van der Waals surface area (Å²) in [6.07, 6.45) is 0.218. The largest absolute Gasteiger partial charge is 0.479 e. The summed E-state index contributed by atoms with van der Waals surface area (Å²) in [5.74, 6) is -0.668. The zero-order chi connectivity index (χ0) is 12.6. The number of aliphatic carboxylic acids is 1. The fourth-order valence-electron chi connectivity index (χ4n) is 2.29. The summed E-state index contributed by atoms with van der Waals surface area (Å²) in [5.41, 5.74) is 1.63. The number of aliphatic hydroxyl groups is 1. The van der Waals surface area contributed by atoms with E-state index in [-0.39, 0.29) is 0 Å². The van der Waals surface area contributed by atoms with Gasteiger partial charge < -0.3 is 10.2 Å². The van der Waals surface area contributed by atoms with Gasteiger partial charge in [0.25, 0.3) is 0 Å². The number of hydrogen-bond donors (Lipinski definition) is 2. The maximum atomic E-state index is 10.9. The molecule has 1 fully saturated rings. The van der Waals surface area contributed by atoms with E-state index in [9.17, 15) is 9.90 Å². The first kappa shape index (κ1) is 12.1. The Hall–Kier alpha value is -1.35. The Morgan fingerprint density at radius 1 is 1.24 bits per heavy atom. The fraction of sp³-hybridized carbons (Fsp3) is 0.500. The summed E-state index contributed by atoms with van der Waals surface area (Å²) in [4.78, 5) is 10.9. The predicted molar refractivity (Wildman–Crippen MR) is 65.1 cm³/mol. The smallest absolute Gasteiger partial charge is 0.333 e. The lowest BCUT2D eigenvalue weighted by Gasteiger charge is -2.19. The topological polar surface area (TPSA) is 57.5 Å². The molecule has 0 aromatic heterocycles. The van der Waals surface area contributed by atoms with E-state index in [1.807, 2.05) is 24.3 Å². The highest BCUT2D eigenvalue weighted by Gasteiger charge is 2.53. The van der Waals surface area contributed by atoms with Crippen molar-refractivity contribution in [2.75, 3.05) is 0 Å². The number of aliphatic hydroxyl groups excluding tert-OH is 1. The number of carboxylic acids is 1. The van der Waals surface area contributed by atoms with Crippen molar-refractivity contribution in [3.05, 3.63) is 35.4 Å². The molecule has 1 aromatic rings. The Labute approximate surface area is 101 Å². The van der Waals surface area contributed by atoms with Gasteiger partial charge in [0.05, 0.1) is 0 Å². The van der Waals surface area contributed by atoms with Crippen LogP contribution in [0.3, 0.4) is 0 Å². The monoisotopic (exact) mass is 234 g/mol. The molecule has 2 N–H and O–H groups in total. The minimum atomic E-state index is -1.28. The number of rotatable bonds is 4. The molecule has 0 amide bonds. The first-order chi connectivity index (χ1) is 7.97. The van der Waals surface area contributed by atoms with Gasteiger partial charge >= 0.3 is 5.97 Å². The average molecular weight is 234 g/mol. The Morgan fingerprint density at radius 3 is 2.12 bits per heavy atom. The molecule has 0 spiro atoms. The first-order valence-corrected chi connectivity index (χ1v) is 5.99. The molecule has 0 saturated heterocycles. The van der Waals surface area contributed by atoms with Gasteiger partial charge in [0.2, 0.25) is 0 Å². The fourth-order valence-corrected chi connectivity index (χ4v) is 2.29. The van der Waals surface area contributed by atoms with Crippen LogP contribution in [0.15, 0.2) is 24.3 Å². The molecular weight excluding hydrogens is 216 g/mol. The van der Waals surface area contributed by atoms with Crippen LogP contribution in [0.2, 0.25) is 0 Å². The summed E-state index contributed by atoms with van der Waals surface area (Å²) in [5, 5.41) is 18.7. The molecule has 2 rings (SSSR count). The van der Waals surface area contributed by atoms with Crippen LogP contribution < -0.4 is 0 Å². The van der Waals surface area contributed by atoms with Crippen LogP contribution in [0, 0.1) is 0 Å². The van der Waals surface area contributed by atoms with Crippen LogP contribution in [-0.2, 0) is 10.2 Å². The van der Waals surface area contributed by atoms with Gasteiger partial charge in [-0.3, -0.25) is 0 Å². The van der Waals surface area contributed by atoms with Crippen molar-refractivity contribution in [1.82, 2.24) is 0 Å². The third-order valence-electron chi connectivity index (χ3n) is 3.70. The lowest BCUT2D eigenvalue weighted by molar-refractivity contribution is -0.148. The highest BCUT2D eigenvalue weighted by molar-refractivity contribution is 5.75. The molecule has 0 bridgehead atoms. The van der Waals surface area contributed by atoms with E-state index in [1.165, 1.54) is 5.56 Å². The number of carboxylic acid groups (broad SMARTS) is 1. The van der Waals surface area contributed by atoms with E-state index in [2.05, 4.69) is 13.8 Å². The van der Waals surface area contributed by atoms with E-state index in [0.717, 1.165) is 18.4 Å². The molecule has 1 aliphatic carbocycles. The van der Waals surface area contributed by atoms with Crippen molar-refractivity contribution in [2.45, 2.75) is 44.1 Å². The lowest BCUT2D eigenvalue weighted by atomic mass is 9.88. The van der Waals surface area contributed by atoms with Crippen molar-refractivity contribution < 1.29 is 15.0 Å². The number of hydrogen-bond acceptors (Lipinski definition) is 2. The second kappa shape index (κ2) is 4.15. The van der Waals surface area contributed by atoms with Gasteiger partial charge in [-0.1, -0.05) is 38.1 Å². The minimum Gasteiger partial charge on any atom is -0.479 e. The Bertz CT molecular complexity index is 416. The Kier molecular flexibility index (Phi) is 2.96. The van der Waals surface area contributed by atoms with Gasteiger partial charge in [-0.25, -0.2) is 4.79 Å². The second-order valence-corrected chi connectivity index (χ2v) is 5.17. The average Bonchev–Trinajstić information content (AvgIpc) is 3.09. The molecule has 3 nitrogen and oxygen atoms in total. The molecule has 1 saturated carbocycles. The zero-order valence-electron chi connectivity index (χ0n) is 10.2. The molecule has 3 heteroatoms. The van der Waals surface area contributed by atoms with Crippen LogP contribution in [0.4, 0.5) is 0 Å². The van der Waals surface area contributed by atoms with Gasteiger partial charge in [-0.15, -0.1) is 0 Å². The summed E-state index contributed by atoms with van der Waals surface area (Å²) in [7, 11) is 0. The third-order valence-corrected chi connectivity index (χ3v) is 3.70. The zero-order valence-corrected chi connectivity index (χ0v) is 10.2. The number of carbonyl (C=O) groups is 1. The van der Waals surface area contributed by atoms with Crippen molar-refractivity contribution in [3.63, 3.8) is 0 Å². The van der Waals surface area contributed by atoms with Crippen LogP contribution in [0.25, 0.3) is 0 Å². The van der Waals surface area contributed by atoms with Crippen LogP contribution in [-0.4, -0.2) is 22.3 Å². The number of benzene rings is 1. The van der Waals surface area contributed by atoms with Crippen LogP contribution >= 0.6 is 0 Å². The van der Waals surface area contributed by atoms with Crippen LogP contribution in [0.5, 0.6) is 0 Å². The van der Waals surface area contributed by atoms with Crippen molar-refractivity contribution in [2.24, 2.45) is 0 Å². The van der Waals surface area contributed by atoms with Gasteiger partial charge in [0, 0.05) is 5.41 Å². The van der Waals surface area contributed by atoms with Gasteiger partial charge in [-0.2, -0.15) is 0 Å². The minimum absolute atomic E-state index is 0.462. The van der Waals surface area contributed by atoms with Crippen LogP contribution in [0.1, 0.15) is 43.7 Å². The highest BCUT2D eigenvalue weighted by Crippen LogP contribution is 2.51. The van der Waals surface area contributed by atoms with Gasteiger partial charge in [-0.05, 0) is 29.9 Å². The molecule has 1 atom stereocenters. The third kappa shape index (κ3) is 2.07. The molecule has 1 aromatic carbocycles. The Morgan fingerprint density at radius 2 is 1.76 bits per heavy atom. The quantitative estimate of drug-likeness (QED) is 0.840. The van der Waals surface area contributed by atoms with E-state index >= 15 is 0 Å². The summed E-state index contributed by atoms with van der Waals surface area (Å²) < 4.78 is 0. The molecule has 1 aliphatic rings. The molecular formula is C14H18O3. The molecule has 17 heavy (non-hydrogen) atoms. The standard InChI is InChI=1S/C14H18O3/c1-9(2)10-3-5-11(6-4-10)14(7-8-14)12(15)13(16)17/h3-6,9,12,15H,7-8H2,1-2H3,(H,16,17).